The first-order chi connectivity index (χ1) is 9.88. The molecule has 3 N–H and O–H groups in total. The van der Waals surface area contributed by atoms with Crippen LogP contribution in [0.25, 0.3) is 0 Å². The minimum absolute atomic E-state index is 0.0380. The van der Waals surface area contributed by atoms with E-state index >= 15 is 0 Å². The number of carbonyl (C=O) groups excluding carboxylic acids is 1. The standard InChI is InChI=1S/C14H10ClF3N2O/c15-10-4-8(1-2-9(10)14(19)21)20-6-7-3-12(17)13(18)5-11(7)16/h1-5,20H,6H2,(H2,19,21). The van der Waals surface area contributed by atoms with Crippen LogP contribution in [-0.2, 0) is 6.54 Å². The van der Waals surface area contributed by atoms with Crippen molar-refractivity contribution in [2.45, 2.75) is 6.54 Å². The summed E-state index contributed by atoms with van der Waals surface area (Å²) in [4.78, 5) is 11.0. The molecule has 0 bridgehead atoms. The first-order valence-electron chi connectivity index (χ1n) is 5.85. The topological polar surface area (TPSA) is 55.1 Å². The van der Waals surface area contributed by atoms with Crippen LogP contribution in [0, 0.1) is 17.5 Å². The predicted molar refractivity (Wildman–Crippen MR) is 73.6 cm³/mol. The Hall–Kier alpha value is -2.21. The highest BCUT2D eigenvalue weighted by Gasteiger charge is 2.10. The van der Waals surface area contributed by atoms with E-state index in [9.17, 15) is 18.0 Å². The van der Waals surface area contributed by atoms with Gasteiger partial charge in [0.2, 0.25) is 5.91 Å². The van der Waals surface area contributed by atoms with Gasteiger partial charge in [-0.3, -0.25) is 4.79 Å². The highest BCUT2D eigenvalue weighted by Crippen LogP contribution is 2.22. The fraction of sp³-hybridized carbons (Fsp3) is 0.0714. The van der Waals surface area contributed by atoms with Crippen LogP contribution in [0.3, 0.4) is 0 Å². The van der Waals surface area contributed by atoms with Gasteiger partial charge in [0.1, 0.15) is 5.82 Å². The van der Waals surface area contributed by atoms with Gasteiger partial charge >= 0.3 is 0 Å². The molecule has 0 unspecified atom stereocenters. The van der Waals surface area contributed by atoms with Gasteiger partial charge in [0, 0.05) is 23.9 Å². The van der Waals surface area contributed by atoms with Crippen molar-refractivity contribution in [3.63, 3.8) is 0 Å². The van der Waals surface area contributed by atoms with Crippen molar-refractivity contribution >= 4 is 23.2 Å². The Morgan fingerprint density at radius 2 is 1.76 bits per heavy atom. The molecule has 2 rings (SSSR count). The van der Waals surface area contributed by atoms with Crippen molar-refractivity contribution in [2.24, 2.45) is 5.73 Å². The second-order valence-corrected chi connectivity index (χ2v) is 4.68. The number of anilines is 1. The highest BCUT2D eigenvalue weighted by atomic mass is 35.5. The average molecular weight is 315 g/mol. The van der Waals surface area contributed by atoms with Gasteiger partial charge in [-0.25, -0.2) is 13.2 Å². The third-order valence-electron chi connectivity index (χ3n) is 2.81. The smallest absolute Gasteiger partial charge is 0.250 e. The minimum Gasteiger partial charge on any atom is -0.381 e. The zero-order chi connectivity index (χ0) is 15.6. The maximum atomic E-state index is 13.4. The van der Waals surface area contributed by atoms with Gasteiger partial charge in [-0.1, -0.05) is 11.6 Å². The van der Waals surface area contributed by atoms with Gasteiger partial charge in [-0.2, -0.15) is 0 Å². The normalized spacial score (nSPS) is 10.5. The molecule has 21 heavy (non-hydrogen) atoms. The third-order valence-corrected chi connectivity index (χ3v) is 3.12. The molecule has 0 radical (unpaired) electrons. The van der Waals surface area contributed by atoms with Crippen LogP contribution in [0.1, 0.15) is 15.9 Å². The maximum absolute atomic E-state index is 13.4. The Balaban J connectivity index is 2.15. The number of nitrogens with one attached hydrogen (secondary N) is 1. The van der Waals surface area contributed by atoms with Gasteiger partial charge in [0.15, 0.2) is 11.6 Å². The molecular weight excluding hydrogens is 305 g/mol. The summed E-state index contributed by atoms with van der Waals surface area (Å²) in [6, 6.07) is 5.62. The van der Waals surface area contributed by atoms with Gasteiger partial charge in [-0.15, -0.1) is 0 Å². The number of benzene rings is 2. The van der Waals surface area contributed by atoms with Crippen LogP contribution in [0.4, 0.5) is 18.9 Å². The van der Waals surface area contributed by atoms with E-state index in [4.69, 9.17) is 17.3 Å². The summed E-state index contributed by atoms with van der Waals surface area (Å²) in [6.45, 7) is -0.0741. The first kappa shape index (κ1) is 15.2. The zero-order valence-electron chi connectivity index (χ0n) is 10.6. The number of rotatable bonds is 4. The van der Waals surface area contributed by atoms with Crippen LogP contribution in [0.15, 0.2) is 30.3 Å². The molecule has 0 saturated carbocycles. The minimum atomic E-state index is -1.25. The quantitative estimate of drug-likeness (QED) is 0.849. The van der Waals surface area contributed by atoms with E-state index in [-0.39, 0.29) is 22.7 Å². The van der Waals surface area contributed by atoms with E-state index in [2.05, 4.69) is 5.32 Å². The number of nitrogens with two attached hydrogens (primary N) is 1. The van der Waals surface area contributed by atoms with Crippen molar-refractivity contribution in [3.05, 3.63) is 63.9 Å². The molecular formula is C14H10ClF3N2O. The van der Waals surface area contributed by atoms with Crippen LogP contribution < -0.4 is 11.1 Å². The van der Waals surface area contributed by atoms with Gasteiger partial charge in [0.05, 0.1) is 10.6 Å². The molecule has 2 aromatic rings. The lowest BCUT2D eigenvalue weighted by atomic mass is 10.1. The lowest BCUT2D eigenvalue weighted by Gasteiger charge is -2.09. The fourth-order valence-electron chi connectivity index (χ4n) is 1.72. The Kier molecular flexibility index (Phi) is 4.37. The summed E-state index contributed by atoms with van der Waals surface area (Å²) in [5.41, 5.74) is 5.71. The molecule has 0 aliphatic heterocycles. The predicted octanol–water partition coefficient (Wildman–Crippen LogP) is 3.47. The number of carbonyl (C=O) groups is 1. The first-order valence-corrected chi connectivity index (χ1v) is 6.23. The molecule has 0 spiro atoms. The number of primary amides is 1. The Morgan fingerprint density at radius 1 is 1.10 bits per heavy atom. The van der Waals surface area contributed by atoms with Crippen LogP contribution in [0.5, 0.6) is 0 Å². The number of halogens is 4. The van der Waals surface area contributed by atoms with Crippen LogP contribution in [-0.4, -0.2) is 5.91 Å². The summed E-state index contributed by atoms with van der Waals surface area (Å²) < 4.78 is 39.3. The van der Waals surface area contributed by atoms with E-state index in [1.54, 1.807) is 0 Å². The summed E-state index contributed by atoms with van der Waals surface area (Å²) in [7, 11) is 0. The monoisotopic (exact) mass is 314 g/mol. The second-order valence-electron chi connectivity index (χ2n) is 4.27. The van der Waals surface area contributed by atoms with Gasteiger partial charge < -0.3 is 11.1 Å². The Bertz CT molecular complexity index is 707. The molecule has 7 heteroatoms. The van der Waals surface area contributed by atoms with Crippen molar-refractivity contribution in [3.8, 4) is 0 Å². The van der Waals surface area contributed by atoms with Crippen LogP contribution >= 0.6 is 11.6 Å². The molecule has 0 aromatic heterocycles. The van der Waals surface area contributed by atoms with E-state index in [0.29, 0.717) is 11.8 Å². The molecule has 0 heterocycles. The molecule has 0 aliphatic rings. The molecule has 1 amide bonds. The molecule has 110 valence electrons. The Labute approximate surface area is 123 Å². The number of amides is 1. The largest absolute Gasteiger partial charge is 0.381 e. The van der Waals surface area contributed by atoms with E-state index in [0.717, 1.165) is 6.07 Å². The summed E-state index contributed by atoms with van der Waals surface area (Å²) in [5, 5.41) is 2.93. The van der Waals surface area contributed by atoms with Crippen molar-refractivity contribution in [1.29, 1.82) is 0 Å². The summed E-state index contributed by atoms with van der Waals surface area (Å²) in [5.74, 6) is -3.90. The third kappa shape index (κ3) is 3.46. The van der Waals surface area contributed by atoms with Crippen molar-refractivity contribution in [2.75, 3.05) is 5.32 Å². The molecule has 0 fully saturated rings. The molecule has 0 aliphatic carbocycles. The van der Waals surface area contributed by atoms with Crippen molar-refractivity contribution < 1.29 is 18.0 Å². The SMILES string of the molecule is NC(=O)c1ccc(NCc2cc(F)c(F)cc2F)cc1Cl. The number of hydrogen-bond acceptors (Lipinski definition) is 2. The molecule has 0 saturated heterocycles. The van der Waals surface area contributed by atoms with E-state index in [1.165, 1.54) is 18.2 Å². The van der Waals surface area contributed by atoms with E-state index < -0.39 is 23.4 Å². The summed E-state index contributed by atoms with van der Waals surface area (Å²) in [6.07, 6.45) is 0. The Morgan fingerprint density at radius 3 is 2.38 bits per heavy atom. The van der Waals surface area contributed by atoms with Gasteiger partial charge in [-0.05, 0) is 24.3 Å². The summed E-state index contributed by atoms with van der Waals surface area (Å²) >= 11 is 5.86. The zero-order valence-corrected chi connectivity index (χ0v) is 11.3. The lowest BCUT2D eigenvalue weighted by molar-refractivity contribution is 0.100. The molecule has 2 aromatic carbocycles. The molecule has 3 nitrogen and oxygen atoms in total. The second kappa shape index (κ2) is 6.05. The van der Waals surface area contributed by atoms with Crippen molar-refractivity contribution in [1.82, 2.24) is 0 Å². The van der Waals surface area contributed by atoms with E-state index in [1.807, 2.05) is 0 Å². The number of hydrogen-bond donors (Lipinski definition) is 2. The molecule has 0 atom stereocenters. The lowest BCUT2D eigenvalue weighted by Crippen LogP contribution is -2.11. The highest BCUT2D eigenvalue weighted by molar-refractivity contribution is 6.34. The maximum Gasteiger partial charge on any atom is 0.250 e. The average Bonchev–Trinajstić information content (AvgIpc) is 2.41. The fourth-order valence-corrected chi connectivity index (χ4v) is 2.00. The van der Waals surface area contributed by atoms with Crippen LogP contribution in [0.2, 0.25) is 5.02 Å². The van der Waals surface area contributed by atoms with Gasteiger partial charge in [0.25, 0.3) is 0 Å².